The Morgan fingerprint density at radius 1 is 1.15 bits per heavy atom. The summed E-state index contributed by atoms with van der Waals surface area (Å²) in [6.07, 6.45) is 1.63. The number of halogens is 4. The number of carbonyl (C=O) groups excluding carboxylic acids is 1. The van der Waals surface area contributed by atoms with E-state index in [-0.39, 0.29) is 20.8 Å². The highest BCUT2D eigenvalue weighted by atomic mass is 35.5. The van der Waals surface area contributed by atoms with Crippen LogP contribution in [0.2, 0.25) is 0 Å². The van der Waals surface area contributed by atoms with Crippen LogP contribution >= 0.6 is 46.4 Å². The van der Waals surface area contributed by atoms with Crippen molar-refractivity contribution in [3.05, 3.63) is 51.1 Å². The van der Waals surface area contributed by atoms with Gasteiger partial charge in [-0.2, -0.15) is 5.26 Å². The van der Waals surface area contributed by atoms with Crippen LogP contribution in [-0.4, -0.2) is 5.97 Å². The van der Waals surface area contributed by atoms with Gasteiger partial charge in [0.15, 0.2) is 0 Å². The number of rotatable bonds is 8. The van der Waals surface area contributed by atoms with E-state index < -0.39 is 18.0 Å². The van der Waals surface area contributed by atoms with Gasteiger partial charge in [0.05, 0.1) is 5.92 Å². The Bertz CT molecular complexity index is 748. The topological polar surface area (TPSA) is 59.3 Å². The lowest BCUT2D eigenvalue weighted by molar-refractivity contribution is -0.154. The molecule has 0 spiro atoms. The molecule has 0 aromatic heterocycles. The van der Waals surface area contributed by atoms with Gasteiger partial charge in [-0.3, -0.25) is 4.79 Å². The van der Waals surface area contributed by atoms with E-state index in [2.05, 4.69) is 0 Å². The molecule has 1 aromatic carbocycles. The Balaban J connectivity index is 3.01. The van der Waals surface area contributed by atoms with Crippen LogP contribution in [0, 0.1) is 29.1 Å². The van der Waals surface area contributed by atoms with Gasteiger partial charge in [0.1, 0.15) is 27.1 Å². The first-order valence-corrected chi connectivity index (χ1v) is 9.57. The van der Waals surface area contributed by atoms with Crippen LogP contribution in [0.15, 0.2) is 45.6 Å². The molecule has 0 amide bonds. The molecule has 0 radical (unpaired) electrons. The van der Waals surface area contributed by atoms with Crippen LogP contribution in [-0.2, 0) is 9.53 Å². The Hall–Kier alpha value is -1.38. The first-order chi connectivity index (χ1) is 12.6. The highest BCUT2D eigenvalue weighted by Gasteiger charge is 2.31. The number of ether oxygens (including phenoxy) is 2. The van der Waals surface area contributed by atoms with Gasteiger partial charge in [-0.25, -0.2) is 0 Å². The van der Waals surface area contributed by atoms with Gasteiger partial charge in [0.25, 0.3) is 0 Å². The third-order valence-corrected chi connectivity index (χ3v) is 4.17. The molecule has 0 bridgehead atoms. The molecule has 0 saturated carbocycles. The molecule has 4 nitrogen and oxygen atoms in total. The fraction of sp³-hybridized carbons (Fsp3) is 0.368. The summed E-state index contributed by atoms with van der Waals surface area (Å²) < 4.78 is 10.7. The van der Waals surface area contributed by atoms with E-state index in [0.717, 1.165) is 6.26 Å². The lowest BCUT2D eigenvalue weighted by Gasteiger charge is -2.25. The van der Waals surface area contributed by atoms with Gasteiger partial charge < -0.3 is 9.47 Å². The fourth-order valence-electron chi connectivity index (χ4n) is 2.62. The average molecular weight is 451 g/mol. The first-order valence-electron chi connectivity index (χ1n) is 8.06. The summed E-state index contributed by atoms with van der Waals surface area (Å²) in [6, 6.07) is 8.52. The lowest BCUT2D eigenvalue weighted by Crippen LogP contribution is -2.29. The largest absolute Gasteiger partial charge is 0.462 e. The number of nitrogens with zero attached hydrogens (tertiary/aromatic N) is 1. The Morgan fingerprint density at radius 2 is 1.81 bits per heavy atom. The predicted molar refractivity (Wildman–Crippen MR) is 109 cm³/mol. The predicted octanol–water partition coefficient (Wildman–Crippen LogP) is 6.68. The molecule has 146 valence electrons. The number of esters is 1. The summed E-state index contributed by atoms with van der Waals surface area (Å²) >= 11 is 22.4. The van der Waals surface area contributed by atoms with Crippen molar-refractivity contribution < 1.29 is 14.3 Å². The maximum Gasteiger partial charge on any atom is 0.311 e. The van der Waals surface area contributed by atoms with Crippen LogP contribution in [0.4, 0.5) is 0 Å². The monoisotopic (exact) mass is 449 g/mol. The zero-order valence-corrected chi connectivity index (χ0v) is 18.0. The number of hydrogen-bond acceptors (Lipinski definition) is 4. The zero-order valence-electron chi connectivity index (χ0n) is 15.0. The smallest absolute Gasteiger partial charge is 0.311 e. The Morgan fingerprint density at radius 3 is 2.33 bits per heavy atom. The molecular weight excluding hydrogens is 432 g/mol. The van der Waals surface area contributed by atoms with E-state index in [1.54, 1.807) is 30.3 Å². The molecule has 3 atom stereocenters. The molecule has 1 rings (SSSR count). The number of hydrogen-bond donors (Lipinski definition) is 0. The van der Waals surface area contributed by atoms with Gasteiger partial charge in [0, 0.05) is 5.56 Å². The SMILES string of the molecule is CC(C)C(C(=O)OC(C#N)c1cccc(OC=C(Cl)Cl)c1)C(C)C=C(Cl)Cl. The fourth-order valence-corrected chi connectivity index (χ4v) is 3.11. The second-order valence-corrected chi connectivity index (χ2v) is 8.14. The number of nitriles is 1. The highest BCUT2D eigenvalue weighted by molar-refractivity contribution is 6.56. The van der Waals surface area contributed by atoms with Crippen molar-refractivity contribution in [1.82, 2.24) is 0 Å². The highest BCUT2D eigenvalue weighted by Crippen LogP contribution is 2.29. The quantitative estimate of drug-likeness (QED) is 0.327. The average Bonchev–Trinajstić information content (AvgIpc) is 2.57. The van der Waals surface area contributed by atoms with Gasteiger partial charge in [-0.05, 0) is 24.0 Å². The van der Waals surface area contributed by atoms with Crippen molar-refractivity contribution in [2.45, 2.75) is 26.9 Å². The lowest BCUT2D eigenvalue weighted by atomic mass is 9.84. The van der Waals surface area contributed by atoms with Crippen LogP contribution in [0.5, 0.6) is 5.75 Å². The van der Waals surface area contributed by atoms with E-state index in [0.29, 0.717) is 11.3 Å². The van der Waals surface area contributed by atoms with Crippen molar-refractivity contribution in [3.63, 3.8) is 0 Å². The van der Waals surface area contributed by atoms with Crippen molar-refractivity contribution in [1.29, 1.82) is 5.26 Å². The van der Waals surface area contributed by atoms with Crippen molar-refractivity contribution >= 4 is 52.4 Å². The molecule has 0 aliphatic carbocycles. The summed E-state index contributed by atoms with van der Waals surface area (Å²) in [6.45, 7) is 5.59. The molecule has 0 heterocycles. The standard InChI is InChI=1S/C19H19Cl4NO3/c1-11(2)18(12(3)7-16(20)21)19(25)27-15(9-24)13-5-4-6-14(8-13)26-10-17(22)23/h4-8,10-12,15,18H,1-3H3. The molecule has 0 N–H and O–H groups in total. The van der Waals surface area contributed by atoms with Crippen LogP contribution in [0.1, 0.15) is 32.4 Å². The molecule has 3 unspecified atom stereocenters. The molecule has 0 fully saturated rings. The van der Waals surface area contributed by atoms with E-state index in [1.165, 1.54) is 0 Å². The minimum absolute atomic E-state index is 0.0403. The van der Waals surface area contributed by atoms with Gasteiger partial charge in [-0.15, -0.1) is 0 Å². The van der Waals surface area contributed by atoms with Crippen LogP contribution in [0.25, 0.3) is 0 Å². The zero-order chi connectivity index (χ0) is 20.6. The van der Waals surface area contributed by atoms with E-state index in [1.807, 2.05) is 26.8 Å². The molecular formula is C19H19Cl4NO3. The summed E-state index contributed by atoms with van der Waals surface area (Å²) in [4.78, 5) is 12.7. The Labute approximate surface area is 179 Å². The van der Waals surface area contributed by atoms with Crippen molar-refractivity contribution in [2.75, 3.05) is 0 Å². The minimum atomic E-state index is -1.10. The van der Waals surface area contributed by atoms with Crippen LogP contribution in [0.3, 0.4) is 0 Å². The van der Waals surface area contributed by atoms with E-state index in [4.69, 9.17) is 55.9 Å². The maximum atomic E-state index is 12.7. The van der Waals surface area contributed by atoms with E-state index >= 15 is 0 Å². The number of allylic oxidation sites excluding steroid dienone is 1. The second-order valence-electron chi connectivity index (χ2n) is 6.13. The number of carbonyl (C=O) groups is 1. The van der Waals surface area contributed by atoms with Crippen molar-refractivity contribution in [3.8, 4) is 11.8 Å². The van der Waals surface area contributed by atoms with Gasteiger partial charge in [-0.1, -0.05) is 85.4 Å². The van der Waals surface area contributed by atoms with Crippen LogP contribution < -0.4 is 4.74 Å². The number of benzene rings is 1. The first kappa shape index (κ1) is 23.7. The summed E-state index contributed by atoms with van der Waals surface area (Å²) in [5.74, 6) is -0.919. The summed E-state index contributed by atoms with van der Waals surface area (Å²) in [5.41, 5.74) is 0.462. The normalized spacial score (nSPS) is 13.7. The van der Waals surface area contributed by atoms with Crippen molar-refractivity contribution in [2.24, 2.45) is 17.8 Å². The summed E-state index contributed by atoms with van der Waals surface area (Å²) in [7, 11) is 0. The Kier molecular flexibility index (Phi) is 10.0. The third-order valence-electron chi connectivity index (χ3n) is 3.74. The van der Waals surface area contributed by atoms with E-state index in [9.17, 15) is 10.1 Å². The molecule has 0 aliphatic heterocycles. The molecule has 0 saturated heterocycles. The molecule has 0 aliphatic rings. The molecule has 1 aromatic rings. The molecule has 27 heavy (non-hydrogen) atoms. The summed E-state index contributed by atoms with van der Waals surface area (Å²) in [5, 5.41) is 9.47. The third kappa shape index (κ3) is 8.02. The second kappa shape index (κ2) is 11.5. The molecule has 8 heteroatoms. The maximum absolute atomic E-state index is 12.7. The minimum Gasteiger partial charge on any atom is -0.462 e. The van der Waals surface area contributed by atoms with Gasteiger partial charge >= 0.3 is 5.97 Å². The van der Waals surface area contributed by atoms with Gasteiger partial charge in [0.2, 0.25) is 6.10 Å².